The second-order valence-corrected chi connectivity index (χ2v) is 4.69. The Hall–Kier alpha value is -2.82. The predicted molar refractivity (Wildman–Crippen MR) is 80.6 cm³/mol. The Labute approximate surface area is 120 Å². The molecule has 1 heterocycles. The largest absolute Gasteiger partial charge is 0.381 e. The van der Waals surface area contributed by atoms with Gasteiger partial charge in [0.1, 0.15) is 5.82 Å². The molecule has 0 amide bonds. The average molecular weight is 283 g/mol. The van der Waals surface area contributed by atoms with E-state index in [0.29, 0.717) is 12.1 Å². The first-order valence-corrected chi connectivity index (χ1v) is 6.58. The summed E-state index contributed by atoms with van der Waals surface area (Å²) >= 11 is 0. The Balaban J connectivity index is 1.70. The lowest BCUT2D eigenvalue weighted by atomic mass is 10.1. The van der Waals surface area contributed by atoms with E-state index in [0.717, 1.165) is 16.9 Å². The Bertz CT molecular complexity index is 790. The molecule has 0 aliphatic heterocycles. The van der Waals surface area contributed by atoms with Crippen molar-refractivity contribution in [1.29, 1.82) is 0 Å². The van der Waals surface area contributed by atoms with Crippen LogP contribution >= 0.6 is 0 Å². The molecule has 3 rings (SSSR count). The highest BCUT2D eigenvalue weighted by atomic mass is 19.1. The molecule has 4 nitrogen and oxygen atoms in total. The molecule has 106 valence electrons. The molecule has 0 aliphatic carbocycles. The Morgan fingerprint density at radius 1 is 1.00 bits per heavy atom. The van der Waals surface area contributed by atoms with Crippen LogP contribution in [0.15, 0.2) is 59.4 Å². The van der Waals surface area contributed by atoms with Gasteiger partial charge in [0.2, 0.25) is 0 Å². The molecule has 0 spiro atoms. The van der Waals surface area contributed by atoms with Gasteiger partial charge in [0, 0.05) is 23.9 Å². The SMILES string of the molecule is O=c1cc(-c2ccc(NCc3ccccc3F)cc2)[nH][nH]1. The van der Waals surface area contributed by atoms with Crippen LogP contribution in [-0.4, -0.2) is 10.2 Å². The highest BCUT2D eigenvalue weighted by Crippen LogP contribution is 2.18. The lowest BCUT2D eigenvalue weighted by molar-refractivity contribution is 0.613. The van der Waals surface area contributed by atoms with Crippen molar-refractivity contribution in [2.24, 2.45) is 0 Å². The molecule has 0 radical (unpaired) electrons. The van der Waals surface area contributed by atoms with Crippen molar-refractivity contribution in [3.63, 3.8) is 0 Å². The molecule has 1 aromatic heterocycles. The number of nitrogens with one attached hydrogen (secondary N) is 3. The zero-order chi connectivity index (χ0) is 14.7. The number of hydrogen-bond acceptors (Lipinski definition) is 2. The number of halogens is 1. The number of aromatic amines is 2. The maximum atomic E-state index is 13.5. The first-order chi connectivity index (χ1) is 10.2. The van der Waals surface area contributed by atoms with Crippen LogP contribution < -0.4 is 10.9 Å². The fraction of sp³-hybridized carbons (Fsp3) is 0.0625. The third-order valence-electron chi connectivity index (χ3n) is 3.23. The Morgan fingerprint density at radius 2 is 1.76 bits per heavy atom. The third kappa shape index (κ3) is 3.02. The minimum absolute atomic E-state index is 0.160. The fourth-order valence-corrected chi connectivity index (χ4v) is 2.09. The second-order valence-electron chi connectivity index (χ2n) is 4.69. The number of rotatable bonds is 4. The Kier molecular flexibility index (Phi) is 3.55. The highest BCUT2D eigenvalue weighted by molar-refractivity contribution is 5.62. The van der Waals surface area contributed by atoms with Gasteiger partial charge in [-0.3, -0.25) is 15.0 Å². The lowest BCUT2D eigenvalue weighted by Crippen LogP contribution is -2.01. The molecule has 0 unspecified atom stereocenters. The number of benzene rings is 2. The van der Waals surface area contributed by atoms with E-state index in [-0.39, 0.29) is 11.4 Å². The molecule has 5 heteroatoms. The molecule has 21 heavy (non-hydrogen) atoms. The molecule has 3 aromatic rings. The standard InChI is InChI=1S/C16H14FN3O/c17-14-4-2-1-3-12(14)10-18-13-7-5-11(6-8-13)15-9-16(21)20-19-15/h1-9,18H,10H2,(H2,19,20,21). The second kappa shape index (κ2) is 5.66. The summed E-state index contributed by atoms with van der Waals surface area (Å²) in [6.45, 7) is 0.424. The first kappa shape index (κ1) is 13.2. The molecule has 0 aliphatic rings. The molecule has 2 aromatic carbocycles. The van der Waals surface area contributed by atoms with Gasteiger partial charge in [-0.25, -0.2) is 4.39 Å². The first-order valence-electron chi connectivity index (χ1n) is 6.58. The van der Waals surface area contributed by atoms with Crippen molar-refractivity contribution in [2.45, 2.75) is 6.54 Å². The van der Waals surface area contributed by atoms with Crippen LogP contribution in [0.4, 0.5) is 10.1 Å². The van der Waals surface area contributed by atoms with Gasteiger partial charge in [-0.05, 0) is 23.8 Å². The van der Waals surface area contributed by atoms with E-state index in [1.807, 2.05) is 30.3 Å². The molecular weight excluding hydrogens is 269 g/mol. The van der Waals surface area contributed by atoms with Crippen LogP contribution in [-0.2, 0) is 6.54 Å². The van der Waals surface area contributed by atoms with Crippen molar-refractivity contribution >= 4 is 5.69 Å². The minimum atomic E-state index is -0.216. The fourth-order valence-electron chi connectivity index (χ4n) is 2.09. The summed E-state index contributed by atoms with van der Waals surface area (Å²) in [7, 11) is 0. The monoisotopic (exact) mass is 283 g/mol. The summed E-state index contributed by atoms with van der Waals surface area (Å²) in [6.07, 6.45) is 0. The van der Waals surface area contributed by atoms with Crippen LogP contribution in [0, 0.1) is 5.82 Å². The molecular formula is C16H14FN3O. The summed E-state index contributed by atoms with van der Waals surface area (Å²) in [4.78, 5) is 11.1. The number of anilines is 1. The maximum absolute atomic E-state index is 13.5. The Morgan fingerprint density at radius 3 is 2.43 bits per heavy atom. The van der Waals surface area contributed by atoms with Crippen molar-refractivity contribution in [2.75, 3.05) is 5.32 Å². The van der Waals surface area contributed by atoms with Gasteiger partial charge in [-0.1, -0.05) is 30.3 Å². The van der Waals surface area contributed by atoms with E-state index in [1.165, 1.54) is 12.1 Å². The number of hydrogen-bond donors (Lipinski definition) is 3. The third-order valence-corrected chi connectivity index (χ3v) is 3.23. The van der Waals surface area contributed by atoms with Crippen LogP contribution in [0.2, 0.25) is 0 Å². The maximum Gasteiger partial charge on any atom is 0.264 e. The smallest absolute Gasteiger partial charge is 0.264 e. The average Bonchev–Trinajstić information content (AvgIpc) is 2.94. The van der Waals surface area contributed by atoms with Crippen LogP contribution in [0.25, 0.3) is 11.3 Å². The van der Waals surface area contributed by atoms with E-state index in [9.17, 15) is 9.18 Å². The molecule has 0 bridgehead atoms. The lowest BCUT2D eigenvalue weighted by Gasteiger charge is -2.08. The van der Waals surface area contributed by atoms with Crippen LogP contribution in [0.1, 0.15) is 5.56 Å². The summed E-state index contributed by atoms with van der Waals surface area (Å²) < 4.78 is 13.5. The number of H-pyrrole nitrogens is 2. The summed E-state index contributed by atoms with van der Waals surface area (Å²) in [5.74, 6) is -0.216. The van der Waals surface area contributed by atoms with Gasteiger partial charge < -0.3 is 5.32 Å². The van der Waals surface area contributed by atoms with Crippen molar-refractivity contribution in [3.8, 4) is 11.3 Å². The van der Waals surface area contributed by atoms with Crippen LogP contribution in [0.3, 0.4) is 0 Å². The molecule has 0 saturated heterocycles. The van der Waals surface area contributed by atoms with E-state index in [4.69, 9.17) is 0 Å². The molecule has 0 saturated carbocycles. The zero-order valence-electron chi connectivity index (χ0n) is 11.2. The van der Waals surface area contributed by atoms with E-state index >= 15 is 0 Å². The molecule has 0 fully saturated rings. The topological polar surface area (TPSA) is 60.7 Å². The van der Waals surface area contributed by atoms with Gasteiger partial charge in [-0.2, -0.15) is 0 Å². The quantitative estimate of drug-likeness (QED) is 0.689. The van der Waals surface area contributed by atoms with Gasteiger partial charge >= 0.3 is 0 Å². The zero-order valence-corrected chi connectivity index (χ0v) is 11.2. The van der Waals surface area contributed by atoms with E-state index in [2.05, 4.69) is 15.5 Å². The highest BCUT2D eigenvalue weighted by Gasteiger charge is 2.02. The summed E-state index contributed by atoms with van der Waals surface area (Å²) in [5, 5.41) is 8.46. The normalized spacial score (nSPS) is 10.5. The minimum Gasteiger partial charge on any atom is -0.381 e. The van der Waals surface area contributed by atoms with Gasteiger partial charge in [0.05, 0.1) is 5.69 Å². The summed E-state index contributed by atoms with van der Waals surface area (Å²) in [6, 6.07) is 15.7. The summed E-state index contributed by atoms with van der Waals surface area (Å²) in [5.41, 5.74) is 2.99. The molecule has 0 atom stereocenters. The molecule has 3 N–H and O–H groups in total. The van der Waals surface area contributed by atoms with Gasteiger partial charge in [-0.15, -0.1) is 0 Å². The van der Waals surface area contributed by atoms with E-state index < -0.39 is 0 Å². The van der Waals surface area contributed by atoms with Crippen molar-refractivity contribution in [3.05, 3.63) is 76.3 Å². The van der Waals surface area contributed by atoms with Gasteiger partial charge in [0.15, 0.2) is 0 Å². The predicted octanol–water partition coefficient (Wildman–Crippen LogP) is 3.12. The van der Waals surface area contributed by atoms with E-state index in [1.54, 1.807) is 12.1 Å². The van der Waals surface area contributed by atoms with Gasteiger partial charge in [0.25, 0.3) is 5.56 Å². The number of aromatic nitrogens is 2. The van der Waals surface area contributed by atoms with Crippen LogP contribution in [0.5, 0.6) is 0 Å². The van der Waals surface area contributed by atoms with Crippen molar-refractivity contribution < 1.29 is 4.39 Å². The van der Waals surface area contributed by atoms with Crippen molar-refractivity contribution in [1.82, 2.24) is 10.2 Å².